The molecule has 5 rings (SSSR count). The van der Waals surface area contributed by atoms with Gasteiger partial charge in [0.15, 0.2) is 11.5 Å². The van der Waals surface area contributed by atoms with Crippen molar-refractivity contribution >= 4 is 5.78 Å². The van der Waals surface area contributed by atoms with Gasteiger partial charge in [0.25, 0.3) is 0 Å². The number of fused-ring (bicyclic) bond motifs is 1. The number of ether oxygens (including phenoxy) is 1. The van der Waals surface area contributed by atoms with Crippen molar-refractivity contribution < 1.29 is 19.1 Å². The van der Waals surface area contributed by atoms with Crippen LogP contribution in [0.15, 0.2) is 29.1 Å². The molecule has 0 radical (unpaired) electrons. The van der Waals surface area contributed by atoms with Crippen molar-refractivity contribution in [2.75, 3.05) is 20.2 Å². The number of ketones is 1. The SMILES string of the molecule is COc1cc(-c2ccoc2)c(C)c([C@@]23CCN(CC4CC4)C(C)C2CCC(=O)C3)c1O. The van der Waals surface area contributed by atoms with Gasteiger partial charge in [-0.1, -0.05) is 0 Å². The van der Waals surface area contributed by atoms with Crippen LogP contribution in [0.25, 0.3) is 11.1 Å². The van der Waals surface area contributed by atoms with Crippen molar-refractivity contribution in [3.05, 3.63) is 35.8 Å². The topological polar surface area (TPSA) is 62.9 Å². The maximum atomic E-state index is 12.8. The van der Waals surface area contributed by atoms with E-state index in [2.05, 4.69) is 18.7 Å². The van der Waals surface area contributed by atoms with Crippen molar-refractivity contribution in [3.8, 4) is 22.6 Å². The summed E-state index contributed by atoms with van der Waals surface area (Å²) in [6.45, 7) is 6.55. The highest BCUT2D eigenvalue weighted by Crippen LogP contribution is 2.56. The fraction of sp³-hybridized carbons (Fsp3) is 0.577. The molecule has 1 saturated heterocycles. The van der Waals surface area contributed by atoms with Gasteiger partial charge in [-0.3, -0.25) is 4.79 Å². The Morgan fingerprint density at radius 2 is 2.13 bits per heavy atom. The number of phenols is 1. The van der Waals surface area contributed by atoms with E-state index in [0.29, 0.717) is 36.3 Å². The molecule has 0 bridgehead atoms. The minimum Gasteiger partial charge on any atom is -0.504 e. The average Bonchev–Trinajstić information content (AvgIpc) is 3.40. The summed E-state index contributed by atoms with van der Waals surface area (Å²) < 4.78 is 11.0. The molecule has 31 heavy (non-hydrogen) atoms. The molecule has 3 fully saturated rings. The molecule has 3 aliphatic rings. The molecular weight excluding hydrogens is 390 g/mol. The van der Waals surface area contributed by atoms with Gasteiger partial charge in [-0.05, 0) is 81.2 Å². The van der Waals surface area contributed by atoms with Crippen LogP contribution >= 0.6 is 0 Å². The highest BCUT2D eigenvalue weighted by atomic mass is 16.5. The maximum absolute atomic E-state index is 12.8. The number of Topliss-reactive ketones (excluding diaryl/α,β-unsaturated/α-hetero) is 1. The van der Waals surface area contributed by atoms with Gasteiger partial charge in [0.2, 0.25) is 0 Å². The average molecular weight is 424 g/mol. The third-order valence-corrected chi connectivity index (χ3v) is 8.22. The molecule has 1 aliphatic heterocycles. The second kappa shape index (κ2) is 7.70. The fourth-order valence-electron chi connectivity index (χ4n) is 6.46. The number of hydrogen-bond acceptors (Lipinski definition) is 5. The molecule has 0 spiro atoms. The molecule has 1 aromatic carbocycles. The molecule has 2 unspecified atom stereocenters. The molecule has 3 atom stereocenters. The minimum absolute atomic E-state index is 0.204. The van der Waals surface area contributed by atoms with E-state index in [-0.39, 0.29) is 11.2 Å². The van der Waals surface area contributed by atoms with Gasteiger partial charge < -0.3 is 19.2 Å². The van der Waals surface area contributed by atoms with Crippen LogP contribution in [0, 0.1) is 18.8 Å². The summed E-state index contributed by atoms with van der Waals surface area (Å²) in [4.78, 5) is 15.5. The van der Waals surface area contributed by atoms with Crippen molar-refractivity contribution in [2.45, 2.75) is 63.8 Å². The molecule has 2 heterocycles. The van der Waals surface area contributed by atoms with E-state index in [4.69, 9.17) is 9.15 Å². The van der Waals surface area contributed by atoms with Crippen LogP contribution in [0.1, 0.15) is 56.6 Å². The van der Waals surface area contributed by atoms with E-state index in [0.717, 1.165) is 47.6 Å². The maximum Gasteiger partial charge on any atom is 0.161 e. The number of likely N-dealkylation sites (tertiary alicyclic amines) is 1. The molecule has 2 aromatic rings. The Morgan fingerprint density at radius 3 is 2.81 bits per heavy atom. The quantitative estimate of drug-likeness (QED) is 0.727. The number of furan rings is 1. The van der Waals surface area contributed by atoms with Crippen molar-refractivity contribution in [1.82, 2.24) is 4.90 Å². The Bertz CT molecular complexity index is 978. The highest BCUT2D eigenvalue weighted by Gasteiger charge is 2.53. The summed E-state index contributed by atoms with van der Waals surface area (Å²) in [5, 5.41) is 11.4. The summed E-state index contributed by atoms with van der Waals surface area (Å²) in [5.41, 5.74) is 3.56. The lowest BCUT2D eigenvalue weighted by Gasteiger charge is -2.55. The number of aromatic hydroxyl groups is 1. The Kier molecular flexibility index (Phi) is 5.12. The summed E-state index contributed by atoms with van der Waals surface area (Å²) in [7, 11) is 1.59. The van der Waals surface area contributed by atoms with Crippen molar-refractivity contribution in [1.29, 1.82) is 0 Å². The summed E-state index contributed by atoms with van der Waals surface area (Å²) in [6.07, 6.45) is 9.02. The van der Waals surface area contributed by atoms with Gasteiger partial charge in [-0.15, -0.1) is 0 Å². The van der Waals surface area contributed by atoms with Crippen LogP contribution in [-0.2, 0) is 10.2 Å². The lowest BCUT2D eigenvalue weighted by Crippen LogP contribution is -2.58. The predicted molar refractivity (Wildman–Crippen MR) is 119 cm³/mol. The lowest BCUT2D eigenvalue weighted by molar-refractivity contribution is -0.126. The van der Waals surface area contributed by atoms with Crippen LogP contribution in [0.2, 0.25) is 0 Å². The van der Waals surface area contributed by atoms with Crippen LogP contribution in [0.4, 0.5) is 0 Å². The number of piperidine rings is 1. The standard InChI is InChI=1S/C26H33NO4/c1-16-21(19-8-11-31-15-19)12-23(30-3)25(29)24(16)26-9-10-27(14-18-4-5-18)17(2)22(26)7-6-20(28)13-26/h8,11-12,15,17-18,22,29H,4-7,9-10,13-14H2,1-3H3/t17?,22?,26-/m1/s1. The molecule has 0 amide bonds. The third kappa shape index (κ3) is 3.38. The largest absolute Gasteiger partial charge is 0.504 e. The smallest absolute Gasteiger partial charge is 0.161 e. The highest BCUT2D eigenvalue weighted by molar-refractivity contribution is 5.83. The van der Waals surface area contributed by atoms with Crippen molar-refractivity contribution in [2.24, 2.45) is 11.8 Å². The number of methoxy groups -OCH3 is 1. The third-order valence-electron chi connectivity index (χ3n) is 8.22. The Morgan fingerprint density at radius 1 is 1.32 bits per heavy atom. The number of hydrogen-bond donors (Lipinski definition) is 1. The van der Waals surface area contributed by atoms with E-state index in [9.17, 15) is 9.90 Å². The first kappa shape index (κ1) is 20.6. The zero-order chi connectivity index (χ0) is 21.8. The monoisotopic (exact) mass is 423 g/mol. The van der Waals surface area contributed by atoms with Gasteiger partial charge >= 0.3 is 0 Å². The minimum atomic E-state index is -0.351. The summed E-state index contributed by atoms with van der Waals surface area (Å²) in [6, 6.07) is 4.22. The summed E-state index contributed by atoms with van der Waals surface area (Å²) in [5.74, 6) is 2.17. The van der Waals surface area contributed by atoms with E-state index in [1.54, 1.807) is 19.6 Å². The molecule has 166 valence electrons. The van der Waals surface area contributed by atoms with Gasteiger partial charge in [0.05, 0.1) is 19.6 Å². The van der Waals surface area contributed by atoms with Crippen LogP contribution in [0.5, 0.6) is 11.5 Å². The Labute approximate surface area is 184 Å². The fourth-order valence-corrected chi connectivity index (χ4v) is 6.46. The molecule has 1 N–H and O–H groups in total. The Hall–Kier alpha value is -2.27. The first-order valence-corrected chi connectivity index (χ1v) is 11.6. The van der Waals surface area contributed by atoms with Gasteiger partial charge in [0.1, 0.15) is 5.78 Å². The summed E-state index contributed by atoms with van der Waals surface area (Å²) >= 11 is 0. The van der Waals surface area contributed by atoms with E-state index in [1.165, 1.54) is 19.4 Å². The van der Waals surface area contributed by atoms with E-state index >= 15 is 0 Å². The van der Waals surface area contributed by atoms with Gasteiger partial charge in [-0.2, -0.15) is 0 Å². The predicted octanol–water partition coefficient (Wildman–Crippen LogP) is 5.08. The van der Waals surface area contributed by atoms with E-state index in [1.807, 2.05) is 12.1 Å². The van der Waals surface area contributed by atoms with Crippen molar-refractivity contribution in [3.63, 3.8) is 0 Å². The normalized spacial score (nSPS) is 29.1. The number of benzene rings is 1. The molecule has 5 nitrogen and oxygen atoms in total. The first-order valence-electron chi connectivity index (χ1n) is 11.6. The second-order valence-electron chi connectivity index (χ2n) is 9.93. The molecular formula is C26H33NO4. The van der Waals surface area contributed by atoms with Crippen LogP contribution < -0.4 is 4.74 Å². The first-order chi connectivity index (χ1) is 14.9. The number of carbonyl (C=O) groups excluding carboxylic acids is 1. The number of rotatable bonds is 5. The van der Waals surface area contributed by atoms with E-state index < -0.39 is 0 Å². The molecule has 2 saturated carbocycles. The number of nitrogens with zero attached hydrogens (tertiary/aromatic N) is 1. The van der Waals surface area contributed by atoms with Crippen LogP contribution in [0.3, 0.4) is 0 Å². The zero-order valence-electron chi connectivity index (χ0n) is 18.8. The zero-order valence-corrected chi connectivity index (χ0v) is 18.8. The number of carbonyl (C=O) groups is 1. The Balaban J connectivity index is 1.65. The number of phenolic OH excluding ortho intramolecular Hbond substituents is 1. The molecule has 2 aliphatic carbocycles. The molecule has 1 aromatic heterocycles. The lowest BCUT2D eigenvalue weighted by atomic mass is 9.55. The second-order valence-corrected chi connectivity index (χ2v) is 9.93. The van der Waals surface area contributed by atoms with Gasteiger partial charge in [0, 0.05) is 42.0 Å². The van der Waals surface area contributed by atoms with Gasteiger partial charge in [-0.25, -0.2) is 0 Å². The molecule has 5 heteroatoms. The van der Waals surface area contributed by atoms with Crippen LogP contribution in [-0.4, -0.2) is 42.0 Å².